The Morgan fingerprint density at radius 1 is 1.25 bits per heavy atom. The van der Waals surface area contributed by atoms with Gasteiger partial charge < -0.3 is 0 Å². The van der Waals surface area contributed by atoms with Crippen LogP contribution in [-0.2, 0) is 0 Å². The number of allylic oxidation sites excluding steroid dienone is 2. The van der Waals surface area contributed by atoms with Crippen molar-refractivity contribution in [3.8, 4) is 0 Å². The minimum Gasteiger partial charge on any atom is -0.100 e. The quantitative estimate of drug-likeness (QED) is 0.552. The smallest absolute Gasteiger partial charge is 0.0195 e. The zero-order valence-corrected chi connectivity index (χ0v) is 8.61. The molecule has 0 aromatic rings. The summed E-state index contributed by atoms with van der Waals surface area (Å²) in [6.45, 7) is 14.6. The fraction of sp³-hybridized carbons (Fsp3) is 0.667. The first-order valence-electron chi connectivity index (χ1n) is 4.75. The van der Waals surface area contributed by atoms with Crippen molar-refractivity contribution in [2.24, 2.45) is 11.3 Å². The molecular formula is C12H20. The lowest BCUT2D eigenvalue weighted by Gasteiger charge is -2.16. The fourth-order valence-electron chi connectivity index (χ4n) is 2.31. The van der Waals surface area contributed by atoms with Gasteiger partial charge >= 0.3 is 0 Å². The third kappa shape index (κ3) is 2.00. The predicted molar refractivity (Wildman–Crippen MR) is 55.1 cm³/mol. The summed E-state index contributed by atoms with van der Waals surface area (Å²) >= 11 is 0. The summed E-state index contributed by atoms with van der Waals surface area (Å²) in [6.07, 6.45) is 3.76. The highest BCUT2D eigenvalue weighted by molar-refractivity contribution is 5.13. The second-order valence-corrected chi connectivity index (χ2v) is 4.74. The van der Waals surface area contributed by atoms with E-state index in [1.54, 1.807) is 0 Å². The molecule has 1 fully saturated rings. The van der Waals surface area contributed by atoms with E-state index in [9.17, 15) is 0 Å². The maximum absolute atomic E-state index is 3.99. The van der Waals surface area contributed by atoms with Gasteiger partial charge in [-0.15, -0.1) is 13.2 Å². The lowest BCUT2D eigenvalue weighted by atomic mass is 9.89. The molecule has 1 saturated carbocycles. The van der Waals surface area contributed by atoms with Gasteiger partial charge in [0.1, 0.15) is 0 Å². The van der Waals surface area contributed by atoms with Crippen LogP contribution in [0.3, 0.4) is 0 Å². The molecule has 0 spiro atoms. The van der Waals surface area contributed by atoms with Crippen LogP contribution in [0.2, 0.25) is 0 Å². The predicted octanol–water partition coefficient (Wildman–Crippen LogP) is 3.95. The van der Waals surface area contributed by atoms with Gasteiger partial charge in [-0.25, -0.2) is 0 Å². The number of rotatable bonds is 4. The first kappa shape index (κ1) is 9.57. The molecule has 0 amide bonds. The van der Waals surface area contributed by atoms with Crippen LogP contribution in [-0.4, -0.2) is 0 Å². The van der Waals surface area contributed by atoms with Gasteiger partial charge in [0.25, 0.3) is 0 Å². The van der Waals surface area contributed by atoms with Crippen LogP contribution < -0.4 is 0 Å². The minimum absolute atomic E-state index is 0.553. The van der Waals surface area contributed by atoms with Crippen molar-refractivity contribution in [3.05, 3.63) is 24.3 Å². The molecule has 0 nitrogen and oxygen atoms in total. The Morgan fingerprint density at radius 3 is 1.75 bits per heavy atom. The van der Waals surface area contributed by atoms with E-state index in [4.69, 9.17) is 0 Å². The Morgan fingerprint density at radius 2 is 1.58 bits per heavy atom. The molecule has 0 saturated heterocycles. The van der Waals surface area contributed by atoms with Crippen LogP contribution in [0.1, 0.15) is 40.0 Å². The van der Waals surface area contributed by atoms with E-state index >= 15 is 0 Å². The first-order chi connectivity index (χ1) is 5.46. The molecule has 1 aliphatic rings. The third-order valence-corrected chi connectivity index (χ3v) is 2.91. The first-order valence-corrected chi connectivity index (χ1v) is 4.75. The van der Waals surface area contributed by atoms with Gasteiger partial charge in [-0.1, -0.05) is 18.1 Å². The van der Waals surface area contributed by atoms with Gasteiger partial charge in [0.05, 0.1) is 0 Å². The zero-order chi connectivity index (χ0) is 9.35. The lowest BCUT2D eigenvalue weighted by Crippen LogP contribution is -2.04. The zero-order valence-electron chi connectivity index (χ0n) is 8.61. The second-order valence-electron chi connectivity index (χ2n) is 4.74. The summed E-state index contributed by atoms with van der Waals surface area (Å²) in [5.41, 5.74) is 3.19. The number of hydrogen-bond acceptors (Lipinski definition) is 0. The van der Waals surface area contributed by atoms with Crippen LogP contribution in [0.4, 0.5) is 0 Å². The maximum atomic E-state index is 3.99. The van der Waals surface area contributed by atoms with Crippen molar-refractivity contribution >= 4 is 0 Å². The van der Waals surface area contributed by atoms with Gasteiger partial charge in [0, 0.05) is 0 Å². The highest BCUT2D eigenvalue weighted by atomic mass is 14.5. The largest absolute Gasteiger partial charge is 0.100 e. The minimum atomic E-state index is 0.553. The molecule has 0 radical (unpaired) electrons. The summed E-state index contributed by atoms with van der Waals surface area (Å²) in [4.78, 5) is 0. The van der Waals surface area contributed by atoms with Crippen LogP contribution >= 0.6 is 0 Å². The molecular weight excluding hydrogens is 144 g/mol. The van der Waals surface area contributed by atoms with Crippen LogP contribution in [0.15, 0.2) is 24.3 Å². The van der Waals surface area contributed by atoms with E-state index in [0.717, 1.165) is 5.92 Å². The Balaban J connectivity index is 2.54. The molecule has 0 aromatic heterocycles. The molecule has 1 atom stereocenters. The number of hydrogen-bond donors (Lipinski definition) is 0. The van der Waals surface area contributed by atoms with E-state index < -0.39 is 0 Å². The molecule has 12 heavy (non-hydrogen) atoms. The molecule has 68 valence electrons. The average molecular weight is 164 g/mol. The van der Waals surface area contributed by atoms with Crippen molar-refractivity contribution < 1.29 is 0 Å². The molecule has 0 N–H and O–H groups in total. The van der Waals surface area contributed by atoms with Crippen LogP contribution in [0.5, 0.6) is 0 Å². The van der Waals surface area contributed by atoms with Gasteiger partial charge in [0.2, 0.25) is 0 Å². The molecule has 0 aromatic carbocycles. The Hall–Kier alpha value is -0.520. The van der Waals surface area contributed by atoms with Gasteiger partial charge in [0.15, 0.2) is 0 Å². The molecule has 0 bridgehead atoms. The summed E-state index contributed by atoms with van der Waals surface area (Å²) in [6, 6.07) is 0. The van der Waals surface area contributed by atoms with E-state index in [2.05, 4.69) is 33.9 Å². The Labute approximate surface area is 76.4 Å². The van der Waals surface area contributed by atoms with Crippen molar-refractivity contribution in [2.75, 3.05) is 0 Å². The molecule has 1 unspecified atom stereocenters. The summed E-state index contributed by atoms with van der Waals surface area (Å²) in [7, 11) is 0. The van der Waals surface area contributed by atoms with E-state index in [1.807, 2.05) is 0 Å². The van der Waals surface area contributed by atoms with E-state index in [-0.39, 0.29) is 0 Å². The third-order valence-electron chi connectivity index (χ3n) is 2.91. The van der Waals surface area contributed by atoms with E-state index in [0.29, 0.717) is 5.41 Å². The molecule has 0 heteroatoms. The lowest BCUT2D eigenvalue weighted by molar-refractivity contribution is 0.458. The SMILES string of the molecule is C=C(C)CC1(CC(=C)C)CC1C. The highest BCUT2D eigenvalue weighted by Crippen LogP contribution is 2.59. The van der Waals surface area contributed by atoms with Gasteiger partial charge in [-0.3, -0.25) is 0 Å². The topological polar surface area (TPSA) is 0 Å². The Kier molecular flexibility index (Phi) is 2.46. The average Bonchev–Trinajstić information content (AvgIpc) is 2.36. The highest BCUT2D eigenvalue weighted by Gasteiger charge is 2.49. The maximum Gasteiger partial charge on any atom is -0.0195 e. The van der Waals surface area contributed by atoms with Crippen LogP contribution in [0, 0.1) is 11.3 Å². The van der Waals surface area contributed by atoms with E-state index in [1.165, 1.54) is 30.4 Å². The van der Waals surface area contributed by atoms with Crippen molar-refractivity contribution in [3.63, 3.8) is 0 Å². The summed E-state index contributed by atoms with van der Waals surface area (Å²) < 4.78 is 0. The van der Waals surface area contributed by atoms with Gasteiger partial charge in [-0.05, 0) is 44.4 Å². The van der Waals surface area contributed by atoms with Crippen molar-refractivity contribution in [2.45, 2.75) is 40.0 Å². The summed E-state index contributed by atoms with van der Waals surface area (Å²) in [5, 5.41) is 0. The molecule has 0 aliphatic heterocycles. The van der Waals surface area contributed by atoms with Gasteiger partial charge in [-0.2, -0.15) is 0 Å². The fourth-order valence-corrected chi connectivity index (χ4v) is 2.31. The van der Waals surface area contributed by atoms with Crippen molar-refractivity contribution in [1.82, 2.24) is 0 Å². The van der Waals surface area contributed by atoms with Crippen molar-refractivity contribution in [1.29, 1.82) is 0 Å². The summed E-state index contributed by atoms with van der Waals surface area (Å²) in [5.74, 6) is 0.880. The monoisotopic (exact) mass is 164 g/mol. The molecule has 1 aliphatic carbocycles. The molecule has 0 heterocycles. The standard InChI is InChI=1S/C12H20/c1-9(2)6-12(7-10(3)4)8-11(12)5/h11H,1,3,6-8H2,2,4-5H3. The molecule has 1 rings (SSSR count). The second kappa shape index (κ2) is 3.08. The Bertz CT molecular complexity index is 194. The normalized spacial score (nSPS) is 25.1. The van der Waals surface area contributed by atoms with Crippen LogP contribution in [0.25, 0.3) is 0 Å².